The first-order chi connectivity index (χ1) is 24.1. The molecule has 8 nitrogen and oxygen atoms in total. The summed E-state index contributed by atoms with van der Waals surface area (Å²) in [4.78, 5) is 19.0. The lowest BCUT2D eigenvalue weighted by Gasteiger charge is -2.30. The quantitative estimate of drug-likeness (QED) is 0.172. The van der Waals surface area contributed by atoms with E-state index in [2.05, 4.69) is 10.1 Å². The molecule has 256 valence electrons. The number of fused-ring (bicyclic) bond motifs is 2. The summed E-state index contributed by atoms with van der Waals surface area (Å²) in [5.41, 5.74) is 3.72. The van der Waals surface area contributed by atoms with Crippen LogP contribution in [0.1, 0.15) is 77.9 Å². The van der Waals surface area contributed by atoms with Crippen LogP contribution in [0.15, 0.2) is 95.6 Å². The third-order valence-corrected chi connectivity index (χ3v) is 9.45. The maximum Gasteiger partial charge on any atom is 0.433 e. The highest BCUT2D eigenvalue weighted by Gasteiger charge is 2.46. The second-order valence-electron chi connectivity index (χ2n) is 12.8. The molecule has 1 aliphatic heterocycles. The number of benzene rings is 3. The van der Waals surface area contributed by atoms with Crippen LogP contribution in [-0.4, -0.2) is 45.4 Å². The number of alkyl halides is 3. The van der Waals surface area contributed by atoms with Crippen molar-refractivity contribution in [1.29, 1.82) is 0 Å². The number of carbonyl (C=O) groups excluding carboxylic acids is 1. The zero-order valence-electron chi connectivity index (χ0n) is 28.1. The van der Waals surface area contributed by atoms with Gasteiger partial charge in [0.15, 0.2) is 17.0 Å². The second-order valence-corrected chi connectivity index (χ2v) is 12.8. The molecule has 7 rings (SSSR count). The largest absolute Gasteiger partial charge is 0.496 e. The lowest BCUT2D eigenvalue weighted by molar-refractivity contribution is -0.142. The smallest absolute Gasteiger partial charge is 0.433 e. The number of aromatic nitrogens is 3. The fraction of sp³-hybridized carbons (Fsp3) is 0.282. The first-order valence-corrected chi connectivity index (χ1v) is 16.5. The minimum absolute atomic E-state index is 0.0963. The van der Waals surface area contributed by atoms with Crippen molar-refractivity contribution in [1.82, 2.24) is 19.6 Å². The SMILES string of the molecule is COc1ccccc1/C=C1\CCCC2C1=NN(C(=O)c1cc3nc(-c4ccc(C(C)C)cc4)cc(C(F)(F)F)n3n1)C2c1ccccc1OC. The zero-order valence-corrected chi connectivity index (χ0v) is 28.1. The maximum atomic E-state index is 14.5. The van der Waals surface area contributed by atoms with E-state index in [0.717, 1.165) is 53.3 Å². The molecule has 3 heterocycles. The van der Waals surface area contributed by atoms with Crippen molar-refractivity contribution in [2.75, 3.05) is 14.2 Å². The van der Waals surface area contributed by atoms with Gasteiger partial charge in [-0.05, 0) is 60.6 Å². The Balaban J connectivity index is 1.34. The summed E-state index contributed by atoms with van der Waals surface area (Å²) >= 11 is 0. The first-order valence-electron chi connectivity index (χ1n) is 16.5. The van der Waals surface area contributed by atoms with Gasteiger partial charge < -0.3 is 9.47 Å². The summed E-state index contributed by atoms with van der Waals surface area (Å²) < 4.78 is 55.5. The van der Waals surface area contributed by atoms with Gasteiger partial charge in [0.25, 0.3) is 5.91 Å². The fourth-order valence-corrected chi connectivity index (χ4v) is 6.95. The number of hydrogen-bond acceptors (Lipinski definition) is 6. The third kappa shape index (κ3) is 6.01. The van der Waals surface area contributed by atoms with Gasteiger partial charge in [-0.3, -0.25) is 4.79 Å². The van der Waals surface area contributed by atoms with Crippen molar-refractivity contribution in [2.24, 2.45) is 11.0 Å². The van der Waals surface area contributed by atoms with E-state index in [1.807, 2.05) is 80.6 Å². The van der Waals surface area contributed by atoms with Crippen LogP contribution in [0.4, 0.5) is 13.2 Å². The van der Waals surface area contributed by atoms with Crippen molar-refractivity contribution in [3.63, 3.8) is 0 Å². The molecular formula is C39H36F3N5O3. The Bertz CT molecular complexity index is 2140. The Labute approximate surface area is 287 Å². The van der Waals surface area contributed by atoms with Gasteiger partial charge in [0.1, 0.15) is 11.5 Å². The van der Waals surface area contributed by atoms with Gasteiger partial charge in [-0.25, -0.2) is 14.5 Å². The number of para-hydroxylation sites is 2. The molecule has 1 fully saturated rings. The van der Waals surface area contributed by atoms with Gasteiger partial charge in [0.2, 0.25) is 0 Å². The molecule has 0 spiro atoms. The Morgan fingerprint density at radius 1 is 0.940 bits per heavy atom. The van der Waals surface area contributed by atoms with E-state index in [1.165, 1.54) is 11.1 Å². The van der Waals surface area contributed by atoms with Gasteiger partial charge in [0.05, 0.1) is 31.7 Å². The van der Waals surface area contributed by atoms with Crippen LogP contribution in [0.25, 0.3) is 23.0 Å². The molecule has 1 aliphatic carbocycles. The number of rotatable bonds is 7. The summed E-state index contributed by atoms with van der Waals surface area (Å²) in [6, 6.07) is 24.1. The number of hydrazone groups is 1. The average Bonchev–Trinajstić information content (AvgIpc) is 3.73. The average molecular weight is 680 g/mol. The predicted molar refractivity (Wildman–Crippen MR) is 185 cm³/mol. The van der Waals surface area contributed by atoms with Gasteiger partial charge in [-0.2, -0.15) is 23.4 Å². The molecule has 0 radical (unpaired) electrons. The molecular weight excluding hydrogens is 643 g/mol. The molecule has 50 heavy (non-hydrogen) atoms. The van der Waals surface area contributed by atoms with Crippen LogP contribution in [0, 0.1) is 5.92 Å². The summed E-state index contributed by atoms with van der Waals surface area (Å²) in [5, 5.41) is 10.5. The fourth-order valence-electron chi connectivity index (χ4n) is 6.95. The van der Waals surface area contributed by atoms with Crippen molar-refractivity contribution >= 4 is 23.3 Å². The normalized spacial score (nSPS) is 18.4. The number of halogens is 3. The molecule has 0 bridgehead atoms. The molecule has 0 N–H and O–H groups in total. The van der Waals surface area contributed by atoms with E-state index >= 15 is 0 Å². The molecule has 2 atom stereocenters. The van der Waals surface area contributed by atoms with Gasteiger partial charge in [-0.1, -0.05) is 74.5 Å². The van der Waals surface area contributed by atoms with Gasteiger partial charge >= 0.3 is 6.18 Å². The summed E-state index contributed by atoms with van der Waals surface area (Å²) in [6.45, 7) is 4.09. The van der Waals surface area contributed by atoms with Crippen LogP contribution in [0.2, 0.25) is 0 Å². The Kier molecular flexibility index (Phi) is 8.67. The molecule has 0 saturated heterocycles. The monoisotopic (exact) mass is 679 g/mol. The number of nitrogens with zero attached hydrogens (tertiary/aromatic N) is 5. The molecule has 2 aromatic heterocycles. The molecule has 2 unspecified atom stereocenters. The lowest BCUT2D eigenvalue weighted by atomic mass is 9.77. The standard InChI is InChI=1S/C39H36F3N5O3/c1-23(2)24-16-18-25(19-17-24)30-21-34(39(40,41)42)46-35(43-30)22-31(44-46)38(48)47-37(28-12-6-8-15-33(28)50-4)29-13-9-11-27(36(29)45-47)20-26-10-5-7-14-32(26)49-3/h5-8,10,12,14-23,29,37H,9,11,13H2,1-4H3/b27-20+. The minimum Gasteiger partial charge on any atom is -0.496 e. The highest BCUT2D eigenvalue weighted by atomic mass is 19.4. The number of hydrogen-bond donors (Lipinski definition) is 0. The number of ether oxygens (including phenoxy) is 2. The number of amides is 1. The van der Waals surface area contributed by atoms with E-state index in [1.54, 1.807) is 26.4 Å². The van der Waals surface area contributed by atoms with E-state index in [9.17, 15) is 18.0 Å². The highest BCUT2D eigenvalue weighted by molar-refractivity contribution is 6.09. The second kappa shape index (κ2) is 13.1. The number of allylic oxidation sites excluding steroid dienone is 1. The Morgan fingerprint density at radius 3 is 2.34 bits per heavy atom. The van der Waals surface area contributed by atoms with Gasteiger partial charge in [0, 0.05) is 28.7 Å². The first kappa shape index (κ1) is 33.1. The molecule has 1 saturated carbocycles. The van der Waals surface area contributed by atoms with Crippen LogP contribution in [0.3, 0.4) is 0 Å². The van der Waals surface area contributed by atoms with E-state index in [4.69, 9.17) is 14.6 Å². The minimum atomic E-state index is -4.76. The molecule has 11 heteroatoms. The van der Waals surface area contributed by atoms with Crippen LogP contribution in [0.5, 0.6) is 11.5 Å². The van der Waals surface area contributed by atoms with Crippen LogP contribution < -0.4 is 9.47 Å². The zero-order chi connectivity index (χ0) is 35.2. The predicted octanol–water partition coefficient (Wildman–Crippen LogP) is 8.99. The van der Waals surface area contributed by atoms with Crippen molar-refractivity contribution in [3.05, 3.63) is 119 Å². The Hall–Kier alpha value is -5.45. The van der Waals surface area contributed by atoms with Gasteiger partial charge in [-0.15, -0.1) is 0 Å². The third-order valence-electron chi connectivity index (χ3n) is 9.45. The molecule has 3 aromatic carbocycles. The van der Waals surface area contributed by atoms with E-state index in [0.29, 0.717) is 21.6 Å². The lowest BCUT2D eigenvalue weighted by Crippen LogP contribution is -2.32. The number of carbonyl (C=O) groups is 1. The van der Waals surface area contributed by atoms with Crippen LogP contribution in [-0.2, 0) is 6.18 Å². The molecule has 2 aliphatic rings. The maximum absolute atomic E-state index is 14.5. The van der Waals surface area contributed by atoms with Crippen molar-refractivity contribution < 1.29 is 27.4 Å². The number of methoxy groups -OCH3 is 2. The van der Waals surface area contributed by atoms with Crippen LogP contribution >= 0.6 is 0 Å². The Morgan fingerprint density at radius 2 is 1.64 bits per heavy atom. The summed E-state index contributed by atoms with van der Waals surface area (Å²) in [6.07, 6.45) is -0.384. The highest BCUT2D eigenvalue weighted by Crippen LogP contribution is 2.47. The van der Waals surface area contributed by atoms with Crippen molar-refractivity contribution in [3.8, 4) is 22.8 Å². The van der Waals surface area contributed by atoms with E-state index in [-0.39, 0.29) is 28.9 Å². The molecule has 1 amide bonds. The topological polar surface area (TPSA) is 81.3 Å². The van der Waals surface area contributed by atoms with Crippen molar-refractivity contribution in [2.45, 2.75) is 51.2 Å². The molecule has 5 aromatic rings. The summed E-state index contributed by atoms with van der Waals surface area (Å²) in [7, 11) is 3.18. The van der Waals surface area contributed by atoms with E-state index < -0.39 is 23.8 Å². The summed E-state index contributed by atoms with van der Waals surface area (Å²) in [5.74, 6) is 0.728.